The van der Waals surface area contributed by atoms with Gasteiger partial charge in [-0.1, -0.05) is 178 Å². The van der Waals surface area contributed by atoms with Crippen molar-refractivity contribution < 1.29 is 0 Å². The van der Waals surface area contributed by atoms with Gasteiger partial charge >= 0.3 is 0 Å². The number of pyridine rings is 1. The van der Waals surface area contributed by atoms with Crippen molar-refractivity contribution in [1.29, 1.82) is 0 Å². The lowest BCUT2D eigenvalue weighted by atomic mass is 9.36. The van der Waals surface area contributed by atoms with Gasteiger partial charge in [0.1, 0.15) is 11.6 Å². The molecule has 2 aliphatic heterocycles. The maximum Gasteiger partial charge on any atom is 0.266 e. The highest BCUT2D eigenvalue weighted by Crippen LogP contribution is 2.54. The summed E-state index contributed by atoms with van der Waals surface area (Å²) in [6, 6.07) is 53.4. The fourth-order valence-corrected chi connectivity index (χ4v) is 13.5. The Kier molecular flexibility index (Phi) is 10.8. The number of anilines is 9. The van der Waals surface area contributed by atoms with Crippen LogP contribution in [0.2, 0.25) is 0 Å². The molecule has 2 aromatic heterocycles. The van der Waals surface area contributed by atoms with Gasteiger partial charge in [-0.3, -0.25) is 9.80 Å². The molecule has 72 heavy (non-hydrogen) atoms. The standard InChI is InChI=1S/C66H73BN4S/c1-61(2,3)41-27-30-47(31-28-41)70-54-39-56(69(45-23-19-17-20-24-45)46-25-21-18-22-26-46)68-60-57(54)67(59-58(70)49-36-42(62(4,5)6)29-32-55(49)72-59)52-37-50-51(66(15,16)40-65(50,13)14)38-53(52)71(60)48-34-43(63(7,8)9)33-44(35-48)64(10,11)12/h17-39H,40H2,1-16H3. The Morgan fingerprint density at radius 2 is 1.04 bits per heavy atom. The molecule has 0 saturated carbocycles. The van der Waals surface area contributed by atoms with Crippen LogP contribution in [0.5, 0.6) is 0 Å². The van der Waals surface area contributed by atoms with Gasteiger partial charge in [0.2, 0.25) is 0 Å². The normalized spacial score (nSPS) is 15.9. The monoisotopic (exact) mass is 965 g/mol. The zero-order valence-electron chi connectivity index (χ0n) is 45.8. The lowest BCUT2D eigenvalue weighted by molar-refractivity contribution is 0.403. The maximum atomic E-state index is 6.14. The highest BCUT2D eigenvalue weighted by molar-refractivity contribution is 7.33. The van der Waals surface area contributed by atoms with Crippen molar-refractivity contribution in [2.75, 3.05) is 14.7 Å². The Bertz CT molecular complexity index is 3360. The second-order valence-corrected chi connectivity index (χ2v) is 27.7. The van der Waals surface area contributed by atoms with E-state index in [2.05, 4.69) is 265 Å². The number of nitrogens with zero attached hydrogens (tertiary/aromatic N) is 4. The van der Waals surface area contributed by atoms with E-state index >= 15 is 0 Å². The van der Waals surface area contributed by atoms with E-state index in [0.29, 0.717) is 0 Å². The minimum atomic E-state index is -0.0961. The number of hydrogen-bond donors (Lipinski definition) is 0. The first-order chi connectivity index (χ1) is 33.7. The summed E-state index contributed by atoms with van der Waals surface area (Å²) in [6.45, 7) is 37.8. The van der Waals surface area contributed by atoms with Gasteiger partial charge < -0.3 is 4.90 Å². The fraction of sp³-hybridized carbons (Fsp3) is 0.348. The molecule has 3 aliphatic rings. The quantitative estimate of drug-likeness (QED) is 0.160. The Labute approximate surface area is 435 Å². The molecular formula is C66H73BN4S. The molecule has 0 amide bonds. The van der Waals surface area contributed by atoms with E-state index in [-0.39, 0.29) is 39.2 Å². The van der Waals surface area contributed by atoms with Gasteiger partial charge in [-0.2, -0.15) is 0 Å². The zero-order chi connectivity index (χ0) is 51.2. The second-order valence-electron chi connectivity index (χ2n) is 26.6. The Morgan fingerprint density at radius 3 is 1.58 bits per heavy atom. The van der Waals surface area contributed by atoms with E-state index < -0.39 is 0 Å². The minimum Gasteiger partial charge on any atom is -0.310 e. The van der Waals surface area contributed by atoms with Gasteiger partial charge in [0.25, 0.3) is 6.71 Å². The number of para-hydroxylation sites is 2. The first-order valence-corrected chi connectivity index (χ1v) is 27.1. The highest BCUT2D eigenvalue weighted by atomic mass is 32.1. The first-order valence-electron chi connectivity index (χ1n) is 26.3. The van der Waals surface area contributed by atoms with Crippen molar-refractivity contribution in [2.45, 2.75) is 150 Å². The zero-order valence-corrected chi connectivity index (χ0v) is 46.6. The molecule has 366 valence electrons. The largest absolute Gasteiger partial charge is 0.310 e. The molecule has 0 fully saturated rings. The smallest absolute Gasteiger partial charge is 0.266 e. The molecule has 0 spiro atoms. The molecule has 4 nitrogen and oxygen atoms in total. The SMILES string of the molecule is CC(C)(C)c1ccc(N2c3cc(N(c4ccccc4)c4ccccc4)nc4c3B(c3cc5c(cc3N4c3cc(C(C)(C)C)cc(C(C)(C)C)c3)C(C)(C)CC5(C)C)c3sc4ccc(C(C)(C)C)cc4c32)cc1. The predicted octanol–water partition coefficient (Wildman–Crippen LogP) is 17.0. The Hall–Kier alpha value is -6.11. The molecule has 6 aromatic carbocycles. The molecule has 11 rings (SSSR count). The molecule has 0 saturated heterocycles. The fourth-order valence-electron chi connectivity index (χ4n) is 12.2. The van der Waals surface area contributed by atoms with E-state index in [1.807, 2.05) is 11.3 Å². The van der Waals surface area contributed by atoms with Crippen molar-refractivity contribution in [3.63, 3.8) is 0 Å². The van der Waals surface area contributed by atoms with Gasteiger partial charge in [-0.25, -0.2) is 4.98 Å². The average Bonchev–Trinajstić information content (AvgIpc) is 3.77. The topological polar surface area (TPSA) is 22.6 Å². The molecule has 1 aliphatic carbocycles. The summed E-state index contributed by atoms with van der Waals surface area (Å²) < 4.78 is 2.68. The predicted molar refractivity (Wildman–Crippen MR) is 314 cm³/mol. The van der Waals surface area contributed by atoms with Gasteiger partial charge in [0.15, 0.2) is 0 Å². The van der Waals surface area contributed by atoms with Crippen LogP contribution in [0.1, 0.15) is 151 Å². The summed E-state index contributed by atoms with van der Waals surface area (Å²) in [6.07, 6.45) is 1.09. The molecular weight excluding hydrogens is 892 g/mol. The number of aromatic nitrogens is 1. The van der Waals surface area contributed by atoms with Crippen molar-refractivity contribution >= 4 is 95.3 Å². The third-order valence-corrected chi connectivity index (χ3v) is 17.2. The van der Waals surface area contributed by atoms with E-state index in [1.165, 1.54) is 70.5 Å². The van der Waals surface area contributed by atoms with Crippen molar-refractivity contribution in [3.05, 3.63) is 173 Å². The van der Waals surface area contributed by atoms with Crippen LogP contribution >= 0.6 is 11.3 Å². The third kappa shape index (κ3) is 7.90. The van der Waals surface area contributed by atoms with Crippen LogP contribution < -0.4 is 30.4 Å². The van der Waals surface area contributed by atoms with Gasteiger partial charge in [0.05, 0.1) is 5.69 Å². The molecule has 6 heteroatoms. The van der Waals surface area contributed by atoms with E-state index in [9.17, 15) is 0 Å². The summed E-state index contributed by atoms with van der Waals surface area (Å²) in [5.74, 6) is 1.85. The van der Waals surface area contributed by atoms with Crippen molar-refractivity contribution in [3.8, 4) is 0 Å². The third-order valence-electron chi connectivity index (χ3n) is 16.0. The molecule has 0 N–H and O–H groups in total. The maximum absolute atomic E-state index is 6.14. The van der Waals surface area contributed by atoms with Crippen LogP contribution in [0.4, 0.5) is 51.4 Å². The molecule has 0 radical (unpaired) electrons. The summed E-state index contributed by atoms with van der Waals surface area (Å²) in [5.41, 5.74) is 18.6. The highest BCUT2D eigenvalue weighted by Gasteiger charge is 2.50. The van der Waals surface area contributed by atoms with E-state index in [4.69, 9.17) is 4.98 Å². The van der Waals surface area contributed by atoms with Crippen LogP contribution in [0, 0.1) is 0 Å². The number of fused-ring (bicyclic) bond motifs is 7. The number of thiophene rings is 1. The number of rotatable bonds is 5. The lowest BCUT2D eigenvalue weighted by Gasteiger charge is -2.44. The summed E-state index contributed by atoms with van der Waals surface area (Å²) in [5, 5.41) is 1.30. The van der Waals surface area contributed by atoms with Gasteiger partial charge in [0, 0.05) is 55.1 Å². The van der Waals surface area contributed by atoms with Crippen LogP contribution in [-0.2, 0) is 32.5 Å². The van der Waals surface area contributed by atoms with Gasteiger partial charge in [-0.15, -0.1) is 11.3 Å². The van der Waals surface area contributed by atoms with Crippen LogP contribution in [0.3, 0.4) is 0 Å². The summed E-state index contributed by atoms with van der Waals surface area (Å²) in [7, 11) is 0. The molecule has 0 bridgehead atoms. The van der Waals surface area contributed by atoms with E-state index in [1.54, 1.807) is 0 Å². The Balaban J connectivity index is 1.34. The Morgan fingerprint density at radius 1 is 0.514 bits per heavy atom. The van der Waals surface area contributed by atoms with E-state index in [0.717, 1.165) is 46.5 Å². The molecule has 4 heterocycles. The lowest BCUT2D eigenvalue weighted by Crippen LogP contribution is -2.61. The van der Waals surface area contributed by atoms with Crippen molar-refractivity contribution in [1.82, 2.24) is 4.98 Å². The van der Waals surface area contributed by atoms with Crippen LogP contribution in [0.25, 0.3) is 10.1 Å². The molecule has 0 unspecified atom stereocenters. The van der Waals surface area contributed by atoms with Crippen molar-refractivity contribution in [2.24, 2.45) is 0 Å². The summed E-state index contributed by atoms with van der Waals surface area (Å²) in [4.78, 5) is 13.7. The summed E-state index contributed by atoms with van der Waals surface area (Å²) >= 11 is 1.97. The second kappa shape index (κ2) is 16.2. The minimum absolute atomic E-state index is 0.00143. The first kappa shape index (κ1) is 48.2. The van der Waals surface area contributed by atoms with Crippen LogP contribution in [0.15, 0.2) is 140 Å². The molecule has 0 atom stereocenters. The molecule has 8 aromatic rings. The van der Waals surface area contributed by atoms with Crippen LogP contribution in [-0.4, -0.2) is 11.7 Å². The number of benzene rings is 6. The van der Waals surface area contributed by atoms with Gasteiger partial charge in [-0.05, 0) is 150 Å². The average molecular weight is 965 g/mol. The number of hydrogen-bond acceptors (Lipinski definition) is 5.